The third kappa shape index (κ3) is 5.53. The fraction of sp³-hybridized carbons (Fsp3) is 0. The predicted molar refractivity (Wildman–Crippen MR) is 229 cm³/mol. The van der Waals surface area contributed by atoms with Crippen LogP contribution in [0.25, 0.3) is 71.6 Å². The number of rotatable bonds is 7. The lowest BCUT2D eigenvalue weighted by atomic mass is 9.93. The summed E-state index contributed by atoms with van der Waals surface area (Å²) in [6.07, 6.45) is 0. The summed E-state index contributed by atoms with van der Waals surface area (Å²) in [4.78, 5) is 2.44. The number of benzene rings is 9. The Labute approximate surface area is 315 Å². The molecule has 54 heavy (non-hydrogen) atoms. The van der Waals surface area contributed by atoms with Gasteiger partial charge in [0.1, 0.15) is 0 Å². The second kappa shape index (κ2) is 13.4. The molecule has 0 saturated heterocycles. The smallest absolute Gasteiger partial charge is 0.0561 e. The summed E-state index contributed by atoms with van der Waals surface area (Å²) in [6.45, 7) is 0. The summed E-state index contributed by atoms with van der Waals surface area (Å²) < 4.78 is 2.40. The molecular weight excluding hydrogens is 653 g/mol. The van der Waals surface area contributed by atoms with Gasteiger partial charge in [-0.3, -0.25) is 0 Å². The van der Waals surface area contributed by atoms with Crippen molar-refractivity contribution in [3.63, 3.8) is 0 Å². The third-order valence-corrected chi connectivity index (χ3v) is 10.6. The lowest BCUT2D eigenvalue weighted by Gasteiger charge is -2.29. The first-order valence-corrected chi connectivity index (χ1v) is 18.5. The summed E-state index contributed by atoms with van der Waals surface area (Å²) in [7, 11) is 0. The standard InChI is InChI=1S/C52H36N2/c1-4-17-38(18-5-1)45-32-30-43(35-49(45)39-19-6-2-7-20-39)53(50-26-14-12-24-46(50)41-29-28-37-16-10-11-21-40(37)34-41)44-31-33-48-47-25-13-15-27-51(47)54(52(48)36-44)42-22-8-3-9-23-42/h1-36H. The summed E-state index contributed by atoms with van der Waals surface area (Å²) in [5.74, 6) is 0. The maximum atomic E-state index is 2.44. The Hall–Kier alpha value is -7.16. The van der Waals surface area contributed by atoms with Crippen LogP contribution >= 0.6 is 0 Å². The second-order valence-corrected chi connectivity index (χ2v) is 13.8. The highest BCUT2D eigenvalue weighted by Gasteiger charge is 2.21. The van der Waals surface area contributed by atoms with Gasteiger partial charge in [0.15, 0.2) is 0 Å². The molecular formula is C52H36N2. The molecule has 0 aliphatic rings. The van der Waals surface area contributed by atoms with Gasteiger partial charge in [0.25, 0.3) is 0 Å². The number of aromatic nitrogens is 1. The van der Waals surface area contributed by atoms with Crippen LogP contribution in [0.2, 0.25) is 0 Å². The van der Waals surface area contributed by atoms with Crippen molar-refractivity contribution in [1.82, 2.24) is 4.57 Å². The van der Waals surface area contributed by atoms with E-state index in [-0.39, 0.29) is 0 Å². The van der Waals surface area contributed by atoms with E-state index in [1.807, 2.05) is 0 Å². The first-order chi connectivity index (χ1) is 26.8. The van der Waals surface area contributed by atoms with Crippen LogP contribution < -0.4 is 4.90 Å². The molecule has 0 radical (unpaired) electrons. The molecule has 2 nitrogen and oxygen atoms in total. The van der Waals surface area contributed by atoms with Gasteiger partial charge in [0.05, 0.1) is 16.7 Å². The Bertz CT molecular complexity index is 2930. The minimum atomic E-state index is 1.09. The van der Waals surface area contributed by atoms with Crippen LogP contribution in [0.3, 0.4) is 0 Å². The van der Waals surface area contributed by atoms with Crippen LogP contribution in [0.4, 0.5) is 17.1 Å². The Morgan fingerprint density at radius 1 is 0.315 bits per heavy atom. The maximum absolute atomic E-state index is 2.44. The van der Waals surface area contributed by atoms with Crippen molar-refractivity contribution < 1.29 is 0 Å². The van der Waals surface area contributed by atoms with Gasteiger partial charge in [-0.05, 0) is 93.2 Å². The molecule has 1 aromatic heterocycles. The quantitative estimate of drug-likeness (QED) is 0.162. The molecule has 1 heterocycles. The molecule has 0 saturated carbocycles. The zero-order valence-electron chi connectivity index (χ0n) is 29.7. The normalized spacial score (nSPS) is 11.3. The number of para-hydroxylation sites is 3. The van der Waals surface area contributed by atoms with Gasteiger partial charge < -0.3 is 9.47 Å². The fourth-order valence-electron chi connectivity index (χ4n) is 8.05. The minimum Gasteiger partial charge on any atom is -0.310 e. The largest absolute Gasteiger partial charge is 0.310 e. The van der Waals surface area contributed by atoms with E-state index in [9.17, 15) is 0 Å². The Kier molecular flexibility index (Phi) is 7.85. The van der Waals surface area contributed by atoms with E-state index in [1.165, 1.54) is 60.4 Å². The molecule has 0 aliphatic heterocycles. The molecule has 0 amide bonds. The average molecular weight is 689 g/mol. The highest BCUT2D eigenvalue weighted by atomic mass is 15.1. The number of nitrogens with zero attached hydrogens (tertiary/aromatic N) is 2. The van der Waals surface area contributed by atoms with Crippen LogP contribution in [0, 0.1) is 0 Å². The van der Waals surface area contributed by atoms with Gasteiger partial charge in [-0.25, -0.2) is 0 Å². The van der Waals surface area contributed by atoms with Gasteiger partial charge in [-0.2, -0.15) is 0 Å². The molecule has 254 valence electrons. The van der Waals surface area contributed by atoms with Crippen molar-refractivity contribution in [3.8, 4) is 39.1 Å². The molecule has 10 aromatic rings. The molecule has 0 aliphatic carbocycles. The summed E-state index contributed by atoms with van der Waals surface area (Å²) in [5, 5.41) is 4.93. The van der Waals surface area contributed by atoms with Crippen LogP contribution in [-0.4, -0.2) is 4.57 Å². The SMILES string of the molecule is c1ccc(-c2ccc(N(c3ccc4c5ccccc5n(-c5ccccc5)c4c3)c3ccccc3-c3ccc4ccccc4c3)cc2-c2ccccc2)cc1. The average Bonchev–Trinajstić information content (AvgIpc) is 3.58. The van der Waals surface area contributed by atoms with E-state index < -0.39 is 0 Å². The number of hydrogen-bond acceptors (Lipinski definition) is 1. The molecule has 0 bridgehead atoms. The topological polar surface area (TPSA) is 8.17 Å². The van der Waals surface area contributed by atoms with Crippen LogP contribution in [0.5, 0.6) is 0 Å². The van der Waals surface area contributed by atoms with Crippen molar-refractivity contribution in [2.75, 3.05) is 4.90 Å². The van der Waals surface area contributed by atoms with Crippen LogP contribution in [0.1, 0.15) is 0 Å². The van der Waals surface area contributed by atoms with Gasteiger partial charge in [0.2, 0.25) is 0 Å². The molecule has 0 unspecified atom stereocenters. The zero-order valence-corrected chi connectivity index (χ0v) is 29.7. The van der Waals surface area contributed by atoms with Gasteiger partial charge in [-0.1, -0.05) is 164 Å². The molecule has 0 N–H and O–H groups in total. The van der Waals surface area contributed by atoms with E-state index in [0.29, 0.717) is 0 Å². The van der Waals surface area contributed by atoms with Crippen molar-refractivity contribution in [3.05, 3.63) is 218 Å². The fourth-order valence-corrected chi connectivity index (χ4v) is 8.05. The van der Waals surface area contributed by atoms with Crippen molar-refractivity contribution in [2.24, 2.45) is 0 Å². The summed E-state index contributed by atoms with van der Waals surface area (Å²) >= 11 is 0. The summed E-state index contributed by atoms with van der Waals surface area (Å²) in [5.41, 5.74) is 13.9. The van der Waals surface area contributed by atoms with E-state index >= 15 is 0 Å². The zero-order chi connectivity index (χ0) is 35.8. The van der Waals surface area contributed by atoms with E-state index in [0.717, 1.165) is 28.3 Å². The lowest BCUT2D eigenvalue weighted by Crippen LogP contribution is -2.12. The van der Waals surface area contributed by atoms with E-state index in [2.05, 4.69) is 228 Å². The minimum absolute atomic E-state index is 1.09. The van der Waals surface area contributed by atoms with Gasteiger partial charge in [-0.15, -0.1) is 0 Å². The van der Waals surface area contributed by atoms with Crippen LogP contribution in [-0.2, 0) is 0 Å². The molecule has 0 fully saturated rings. The summed E-state index contributed by atoms with van der Waals surface area (Å²) in [6, 6.07) is 79.0. The van der Waals surface area contributed by atoms with E-state index in [4.69, 9.17) is 0 Å². The lowest BCUT2D eigenvalue weighted by molar-refractivity contribution is 1.18. The molecule has 10 rings (SSSR count). The van der Waals surface area contributed by atoms with E-state index in [1.54, 1.807) is 0 Å². The molecule has 0 atom stereocenters. The first kappa shape index (κ1) is 31.6. The number of anilines is 3. The highest BCUT2D eigenvalue weighted by molar-refractivity contribution is 6.10. The van der Waals surface area contributed by atoms with Gasteiger partial charge >= 0.3 is 0 Å². The Balaban J connectivity index is 1.25. The Morgan fingerprint density at radius 2 is 0.907 bits per heavy atom. The van der Waals surface area contributed by atoms with Crippen LogP contribution in [0.15, 0.2) is 218 Å². The molecule has 9 aromatic carbocycles. The van der Waals surface area contributed by atoms with Crippen molar-refractivity contribution >= 4 is 49.6 Å². The third-order valence-electron chi connectivity index (χ3n) is 10.6. The highest BCUT2D eigenvalue weighted by Crippen LogP contribution is 2.45. The number of fused-ring (bicyclic) bond motifs is 4. The predicted octanol–water partition coefficient (Wildman–Crippen LogP) is 14.4. The second-order valence-electron chi connectivity index (χ2n) is 13.8. The van der Waals surface area contributed by atoms with Gasteiger partial charge in [0, 0.05) is 33.4 Å². The number of hydrogen-bond donors (Lipinski definition) is 0. The Morgan fingerprint density at radius 3 is 1.70 bits per heavy atom. The molecule has 0 spiro atoms. The van der Waals surface area contributed by atoms with Crippen molar-refractivity contribution in [1.29, 1.82) is 0 Å². The monoisotopic (exact) mass is 688 g/mol. The maximum Gasteiger partial charge on any atom is 0.0561 e. The first-order valence-electron chi connectivity index (χ1n) is 18.5. The molecule has 2 heteroatoms. The van der Waals surface area contributed by atoms with Crippen molar-refractivity contribution in [2.45, 2.75) is 0 Å².